The third-order valence-electron chi connectivity index (χ3n) is 2.62. The molecule has 0 aliphatic rings. The van der Waals surface area contributed by atoms with Crippen LogP contribution in [0.4, 0.5) is 0 Å². The zero-order chi connectivity index (χ0) is 10.3. The molecule has 0 saturated carbocycles. The Bertz CT molecular complexity index is 113. The number of likely N-dealkylation sites (N-methyl/N-ethyl adjacent to an activating group) is 2. The monoisotopic (exact) mass is 186 g/mol. The summed E-state index contributed by atoms with van der Waals surface area (Å²) in [4.78, 5) is 2.52. The van der Waals surface area contributed by atoms with Crippen LogP contribution in [0.1, 0.15) is 34.1 Å². The van der Waals surface area contributed by atoms with E-state index in [-0.39, 0.29) is 0 Å². The molecule has 0 aliphatic carbocycles. The van der Waals surface area contributed by atoms with Crippen LogP contribution in [0.15, 0.2) is 0 Å². The van der Waals surface area contributed by atoms with Crippen molar-refractivity contribution in [1.29, 1.82) is 0 Å². The van der Waals surface area contributed by atoms with E-state index in [1.807, 2.05) is 0 Å². The summed E-state index contributed by atoms with van der Waals surface area (Å²) in [6.45, 7) is 12.6. The van der Waals surface area contributed by atoms with Gasteiger partial charge in [0.25, 0.3) is 0 Å². The summed E-state index contributed by atoms with van der Waals surface area (Å²) in [6, 6.07) is 0.631. The first-order chi connectivity index (χ1) is 6.15. The maximum atomic E-state index is 3.38. The normalized spacial score (nSPS) is 14.1. The van der Waals surface area contributed by atoms with E-state index in [9.17, 15) is 0 Å². The number of hydrogen-bond donors (Lipinski definition) is 1. The third kappa shape index (κ3) is 5.27. The molecule has 0 bridgehead atoms. The van der Waals surface area contributed by atoms with Gasteiger partial charge in [-0.2, -0.15) is 0 Å². The summed E-state index contributed by atoms with van der Waals surface area (Å²) in [5.41, 5.74) is 0. The topological polar surface area (TPSA) is 15.3 Å². The molecule has 0 heterocycles. The first kappa shape index (κ1) is 12.9. The van der Waals surface area contributed by atoms with Gasteiger partial charge in [-0.15, -0.1) is 0 Å². The first-order valence-electron chi connectivity index (χ1n) is 5.55. The van der Waals surface area contributed by atoms with Crippen molar-refractivity contribution in [3.63, 3.8) is 0 Å². The zero-order valence-corrected chi connectivity index (χ0v) is 9.93. The molecule has 0 aromatic heterocycles. The highest BCUT2D eigenvalue weighted by Gasteiger charge is 2.13. The Morgan fingerprint density at radius 1 is 1.23 bits per heavy atom. The van der Waals surface area contributed by atoms with Gasteiger partial charge in [0.15, 0.2) is 0 Å². The van der Waals surface area contributed by atoms with Crippen molar-refractivity contribution in [2.45, 2.75) is 40.2 Å². The first-order valence-corrected chi connectivity index (χ1v) is 5.55. The van der Waals surface area contributed by atoms with Gasteiger partial charge in [0.1, 0.15) is 0 Å². The second kappa shape index (κ2) is 7.34. The van der Waals surface area contributed by atoms with Crippen molar-refractivity contribution >= 4 is 0 Å². The minimum atomic E-state index is 0.631. The molecule has 1 atom stereocenters. The van der Waals surface area contributed by atoms with Crippen molar-refractivity contribution in [2.24, 2.45) is 5.92 Å². The second-order valence-corrected chi connectivity index (χ2v) is 4.03. The summed E-state index contributed by atoms with van der Waals surface area (Å²) in [5.74, 6) is 0.718. The molecule has 0 aliphatic heterocycles. The van der Waals surface area contributed by atoms with Gasteiger partial charge in [-0.05, 0) is 32.5 Å². The molecule has 0 aromatic rings. The lowest BCUT2D eigenvalue weighted by Gasteiger charge is -2.28. The molecule has 0 saturated heterocycles. The molecule has 1 unspecified atom stereocenters. The van der Waals surface area contributed by atoms with Crippen molar-refractivity contribution < 1.29 is 0 Å². The van der Waals surface area contributed by atoms with Crippen LogP contribution in [0, 0.1) is 5.92 Å². The predicted molar refractivity (Wildman–Crippen MR) is 60.1 cm³/mol. The quantitative estimate of drug-likeness (QED) is 0.654. The average Bonchev–Trinajstić information content (AvgIpc) is 2.11. The number of rotatable bonds is 7. The Balaban J connectivity index is 3.87. The molecule has 13 heavy (non-hydrogen) atoms. The molecule has 0 fully saturated rings. The summed E-state index contributed by atoms with van der Waals surface area (Å²) < 4.78 is 0. The summed E-state index contributed by atoms with van der Waals surface area (Å²) in [5, 5.41) is 3.38. The van der Waals surface area contributed by atoms with Crippen molar-refractivity contribution in [3.8, 4) is 0 Å². The SMILES string of the molecule is CCCN(CC)CC(NC)C(C)C. The van der Waals surface area contributed by atoms with E-state index in [2.05, 4.69) is 45.0 Å². The number of nitrogens with one attached hydrogen (secondary N) is 1. The molecule has 0 spiro atoms. The fourth-order valence-electron chi connectivity index (χ4n) is 1.61. The van der Waals surface area contributed by atoms with Crippen LogP contribution in [0.25, 0.3) is 0 Å². The van der Waals surface area contributed by atoms with Gasteiger partial charge in [-0.25, -0.2) is 0 Å². The van der Waals surface area contributed by atoms with Gasteiger partial charge in [0, 0.05) is 12.6 Å². The van der Waals surface area contributed by atoms with Gasteiger partial charge >= 0.3 is 0 Å². The lowest BCUT2D eigenvalue weighted by molar-refractivity contribution is 0.232. The van der Waals surface area contributed by atoms with E-state index >= 15 is 0 Å². The predicted octanol–water partition coefficient (Wildman–Crippen LogP) is 1.96. The van der Waals surface area contributed by atoms with E-state index in [0.717, 1.165) is 5.92 Å². The molecule has 2 heteroatoms. The maximum Gasteiger partial charge on any atom is 0.0214 e. The lowest BCUT2D eigenvalue weighted by atomic mass is 10.0. The third-order valence-corrected chi connectivity index (χ3v) is 2.62. The fourth-order valence-corrected chi connectivity index (χ4v) is 1.61. The summed E-state index contributed by atoms with van der Waals surface area (Å²) in [7, 11) is 2.06. The molecule has 0 radical (unpaired) electrons. The Hall–Kier alpha value is -0.0800. The smallest absolute Gasteiger partial charge is 0.0214 e. The standard InChI is InChI=1S/C11H26N2/c1-6-8-13(7-2)9-11(12-5)10(3)4/h10-12H,6-9H2,1-5H3. The molecule has 1 N–H and O–H groups in total. The molecular weight excluding hydrogens is 160 g/mol. The van der Waals surface area contributed by atoms with Gasteiger partial charge in [0.2, 0.25) is 0 Å². The highest BCUT2D eigenvalue weighted by molar-refractivity contribution is 4.72. The second-order valence-electron chi connectivity index (χ2n) is 4.03. The van der Waals surface area contributed by atoms with E-state index in [1.54, 1.807) is 0 Å². The Morgan fingerprint density at radius 2 is 1.85 bits per heavy atom. The van der Waals surface area contributed by atoms with Crippen molar-refractivity contribution in [2.75, 3.05) is 26.7 Å². The molecule has 80 valence electrons. The van der Waals surface area contributed by atoms with Crippen LogP contribution in [-0.4, -0.2) is 37.6 Å². The van der Waals surface area contributed by atoms with Gasteiger partial charge in [0.05, 0.1) is 0 Å². The lowest BCUT2D eigenvalue weighted by Crippen LogP contribution is -2.42. The minimum Gasteiger partial charge on any atom is -0.315 e. The van der Waals surface area contributed by atoms with Gasteiger partial charge < -0.3 is 10.2 Å². The van der Waals surface area contributed by atoms with E-state index in [4.69, 9.17) is 0 Å². The van der Waals surface area contributed by atoms with Crippen LogP contribution >= 0.6 is 0 Å². The zero-order valence-electron chi connectivity index (χ0n) is 9.93. The highest BCUT2D eigenvalue weighted by Crippen LogP contribution is 2.04. The Kier molecular flexibility index (Phi) is 7.29. The molecule has 0 aromatic carbocycles. The Morgan fingerprint density at radius 3 is 2.15 bits per heavy atom. The molecule has 0 amide bonds. The van der Waals surface area contributed by atoms with Gasteiger partial charge in [-0.3, -0.25) is 0 Å². The number of hydrogen-bond acceptors (Lipinski definition) is 2. The Labute approximate surface area is 83.7 Å². The van der Waals surface area contributed by atoms with Crippen molar-refractivity contribution in [3.05, 3.63) is 0 Å². The van der Waals surface area contributed by atoms with Crippen LogP contribution in [0.2, 0.25) is 0 Å². The van der Waals surface area contributed by atoms with Crippen LogP contribution in [0.5, 0.6) is 0 Å². The fraction of sp³-hybridized carbons (Fsp3) is 1.00. The summed E-state index contributed by atoms with van der Waals surface area (Å²) in [6.07, 6.45) is 1.25. The van der Waals surface area contributed by atoms with E-state index in [1.165, 1.54) is 26.1 Å². The molecule has 0 rings (SSSR count). The molecule has 2 nitrogen and oxygen atoms in total. The molecular formula is C11H26N2. The minimum absolute atomic E-state index is 0.631. The summed E-state index contributed by atoms with van der Waals surface area (Å²) >= 11 is 0. The maximum absolute atomic E-state index is 3.38. The average molecular weight is 186 g/mol. The van der Waals surface area contributed by atoms with Crippen LogP contribution in [0.3, 0.4) is 0 Å². The van der Waals surface area contributed by atoms with Crippen LogP contribution in [-0.2, 0) is 0 Å². The van der Waals surface area contributed by atoms with Gasteiger partial charge in [-0.1, -0.05) is 27.7 Å². The van der Waals surface area contributed by atoms with Crippen molar-refractivity contribution in [1.82, 2.24) is 10.2 Å². The largest absolute Gasteiger partial charge is 0.315 e. The highest BCUT2D eigenvalue weighted by atomic mass is 15.1. The van der Waals surface area contributed by atoms with Crippen LogP contribution < -0.4 is 5.32 Å². The van der Waals surface area contributed by atoms with E-state index in [0.29, 0.717) is 6.04 Å². The van der Waals surface area contributed by atoms with E-state index < -0.39 is 0 Å². The number of nitrogens with zero attached hydrogens (tertiary/aromatic N) is 1.